The van der Waals surface area contributed by atoms with Crippen molar-refractivity contribution in [1.29, 1.82) is 0 Å². The Morgan fingerprint density at radius 1 is 1.56 bits per heavy atom. The van der Waals surface area contributed by atoms with Crippen LogP contribution in [0.2, 0.25) is 0 Å². The first kappa shape index (κ1) is 8.12. The van der Waals surface area contributed by atoms with E-state index in [4.69, 9.17) is 10.5 Å². The molecular weight excluding hydrogens is 114 g/mol. The molecule has 0 aromatic rings. The molecule has 0 aromatic heterocycles. The lowest BCUT2D eigenvalue weighted by molar-refractivity contribution is 0.0511. The molecule has 0 spiro atoms. The number of rotatable bonds is 1. The molecule has 2 nitrogen and oxygen atoms in total. The Kier molecular flexibility index (Phi) is 2.35. The van der Waals surface area contributed by atoms with E-state index in [1.807, 2.05) is 20.8 Å². The molecule has 0 aliphatic carbocycles. The summed E-state index contributed by atoms with van der Waals surface area (Å²) < 4.78 is 5.11. The number of nitrogens with two attached hydrogens (primary N) is 1. The fourth-order valence-electron chi connectivity index (χ4n) is 0.366. The Balaban J connectivity index is 3.89. The molecule has 2 heteroatoms. The second-order valence-corrected chi connectivity index (χ2v) is 2.76. The van der Waals surface area contributed by atoms with E-state index >= 15 is 0 Å². The Morgan fingerprint density at radius 2 is 2.00 bits per heavy atom. The van der Waals surface area contributed by atoms with Gasteiger partial charge in [0.1, 0.15) is 5.60 Å². The van der Waals surface area contributed by atoms with Gasteiger partial charge in [0, 0.05) is 0 Å². The third kappa shape index (κ3) is 4.98. The maximum Gasteiger partial charge on any atom is 0.230 e. The first-order chi connectivity index (χ1) is 3.95. The molecule has 0 atom stereocenters. The normalized spacial score (nSPS) is 10.1. The van der Waals surface area contributed by atoms with E-state index < -0.39 is 0 Å². The van der Waals surface area contributed by atoms with Crippen molar-refractivity contribution >= 4 is 0 Å². The Morgan fingerprint density at radius 3 is 2.11 bits per heavy atom. The predicted molar refractivity (Wildman–Crippen MR) is 37.7 cm³/mol. The standard InChI is InChI=1S/C7H13NO/c1-5-6(8)9-7(2,3)4/h1,8H2,2-4H3. The largest absolute Gasteiger partial charge is 0.468 e. The van der Waals surface area contributed by atoms with Gasteiger partial charge >= 0.3 is 0 Å². The molecule has 9 heavy (non-hydrogen) atoms. The van der Waals surface area contributed by atoms with Gasteiger partial charge in [0.2, 0.25) is 5.88 Å². The van der Waals surface area contributed by atoms with Gasteiger partial charge in [-0.1, -0.05) is 12.3 Å². The SMILES string of the molecule is C=C=C(N)OC(C)(C)C. The second kappa shape index (κ2) is 2.60. The molecule has 52 valence electrons. The fraction of sp³-hybridized carbons (Fsp3) is 0.571. The van der Waals surface area contributed by atoms with Crippen LogP contribution >= 0.6 is 0 Å². The highest BCUT2D eigenvalue weighted by atomic mass is 16.5. The van der Waals surface area contributed by atoms with Crippen LogP contribution in [0.15, 0.2) is 18.2 Å². The van der Waals surface area contributed by atoms with Crippen LogP contribution in [0.4, 0.5) is 0 Å². The first-order valence-corrected chi connectivity index (χ1v) is 2.80. The van der Waals surface area contributed by atoms with Gasteiger partial charge in [-0.15, -0.1) is 0 Å². The summed E-state index contributed by atoms with van der Waals surface area (Å²) in [4.78, 5) is 0. The quantitative estimate of drug-likeness (QED) is 0.426. The van der Waals surface area contributed by atoms with Gasteiger partial charge < -0.3 is 10.5 Å². The van der Waals surface area contributed by atoms with E-state index in [1.165, 1.54) is 0 Å². The zero-order valence-corrected chi connectivity index (χ0v) is 6.19. The summed E-state index contributed by atoms with van der Waals surface area (Å²) in [5, 5.41) is 0. The Labute approximate surface area is 56.0 Å². The second-order valence-electron chi connectivity index (χ2n) is 2.76. The van der Waals surface area contributed by atoms with Crippen molar-refractivity contribution in [2.75, 3.05) is 0 Å². The molecule has 0 saturated heterocycles. The average Bonchev–Trinajstić information content (AvgIpc) is 1.62. The lowest BCUT2D eigenvalue weighted by Crippen LogP contribution is -2.21. The van der Waals surface area contributed by atoms with E-state index in [0.717, 1.165) is 0 Å². The maximum atomic E-state index is 5.28. The predicted octanol–water partition coefficient (Wildman–Crippen LogP) is 1.39. The van der Waals surface area contributed by atoms with Crippen molar-refractivity contribution in [1.82, 2.24) is 0 Å². The van der Waals surface area contributed by atoms with Crippen molar-refractivity contribution < 1.29 is 4.74 Å². The molecule has 0 aliphatic rings. The van der Waals surface area contributed by atoms with Crippen LogP contribution < -0.4 is 5.73 Å². The molecule has 0 radical (unpaired) electrons. The average molecular weight is 127 g/mol. The zero-order valence-electron chi connectivity index (χ0n) is 6.19. The van der Waals surface area contributed by atoms with E-state index in [1.54, 1.807) is 0 Å². The maximum absolute atomic E-state index is 5.28. The Bertz CT molecular complexity index is 137. The first-order valence-electron chi connectivity index (χ1n) is 2.80. The van der Waals surface area contributed by atoms with Crippen LogP contribution in [-0.4, -0.2) is 5.60 Å². The highest BCUT2D eigenvalue weighted by Gasteiger charge is 2.10. The highest BCUT2D eigenvalue weighted by molar-refractivity contribution is 4.84. The molecule has 0 unspecified atom stereocenters. The van der Waals surface area contributed by atoms with Crippen molar-refractivity contribution in [2.45, 2.75) is 26.4 Å². The minimum atomic E-state index is -0.241. The van der Waals surface area contributed by atoms with Gasteiger partial charge in [-0.2, -0.15) is 0 Å². The van der Waals surface area contributed by atoms with Crippen LogP contribution in [-0.2, 0) is 4.74 Å². The molecule has 0 bridgehead atoms. The Hall–Kier alpha value is -0.880. The molecular formula is C7H13NO. The van der Waals surface area contributed by atoms with Crippen LogP contribution in [0.5, 0.6) is 0 Å². The monoisotopic (exact) mass is 127 g/mol. The fourth-order valence-corrected chi connectivity index (χ4v) is 0.366. The zero-order chi connectivity index (χ0) is 7.49. The van der Waals surface area contributed by atoms with Crippen LogP contribution in [0.1, 0.15) is 20.8 Å². The smallest absolute Gasteiger partial charge is 0.230 e. The highest BCUT2D eigenvalue weighted by Crippen LogP contribution is 2.08. The van der Waals surface area contributed by atoms with Crippen molar-refractivity contribution in [3.8, 4) is 0 Å². The molecule has 0 fully saturated rings. The van der Waals surface area contributed by atoms with E-state index in [9.17, 15) is 0 Å². The van der Waals surface area contributed by atoms with Crippen molar-refractivity contribution in [3.63, 3.8) is 0 Å². The van der Waals surface area contributed by atoms with Crippen molar-refractivity contribution in [2.24, 2.45) is 5.73 Å². The molecule has 0 aromatic carbocycles. The summed E-state index contributed by atoms with van der Waals surface area (Å²) in [6.07, 6.45) is 0. The summed E-state index contributed by atoms with van der Waals surface area (Å²) in [6, 6.07) is 0. The van der Waals surface area contributed by atoms with Crippen LogP contribution in [0.25, 0.3) is 0 Å². The molecule has 2 N–H and O–H groups in total. The van der Waals surface area contributed by atoms with E-state index in [2.05, 4.69) is 12.3 Å². The van der Waals surface area contributed by atoms with Crippen LogP contribution in [0, 0.1) is 0 Å². The lowest BCUT2D eigenvalue weighted by Gasteiger charge is -2.19. The molecule has 0 heterocycles. The number of hydrogen-bond acceptors (Lipinski definition) is 2. The van der Waals surface area contributed by atoms with Gasteiger partial charge in [-0.25, -0.2) is 0 Å². The summed E-state index contributed by atoms with van der Waals surface area (Å²) in [6.45, 7) is 9.07. The number of ether oxygens (including phenoxy) is 1. The van der Waals surface area contributed by atoms with Gasteiger partial charge in [-0.3, -0.25) is 0 Å². The molecule has 0 aliphatic heterocycles. The molecule has 0 rings (SSSR count). The van der Waals surface area contributed by atoms with E-state index in [-0.39, 0.29) is 11.5 Å². The topological polar surface area (TPSA) is 35.2 Å². The van der Waals surface area contributed by atoms with Gasteiger partial charge in [0.25, 0.3) is 0 Å². The molecule has 0 saturated carbocycles. The summed E-state index contributed by atoms with van der Waals surface area (Å²) in [5.74, 6) is 0.252. The summed E-state index contributed by atoms with van der Waals surface area (Å²) >= 11 is 0. The third-order valence-electron chi connectivity index (χ3n) is 0.590. The summed E-state index contributed by atoms with van der Waals surface area (Å²) in [7, 11) is 0. The van der Waals surface area contributed by atoms with Crippen LogP contribution in [0.3, 0.4) is 0 Å². The van der Waals surface area contributed by atoms with Gasteiger partial charge in [-0.05, 0) is 20.8 Å². The van der Waals surface area contributed by atoms with Gasteiger partial charge in [0.05, 0.1) is 0 Å². The minimum Gasteiger partial charge on any atom is -0.468 e. The molecule has 0 amide bonds. The summed E-state index contributed by atoms with van der Waals surface area (Å²) in [5.41, 5.74) is 7.48. The van der Waals surface area contributed by atoms with Crippen molar-refractivity contribution in [3.05, 3.63) is 18.2 Å². The lowest BCUT2D eigenvalue weighted by atomic mass is 10.2. The third-order valence-corrected chi connectivity index (χ3v) is 0.590. The minimum absolute atomic E-state index is 0.241. The van der Waals surface area contributed by atoms with E-state index in [0.29, 0.717) is 0 Å². The number of hydrogen-bond donors (Lipinski definition) is 1. The van der Waals surface area contributed by atoms with Gasteiger partial charge in [0.15, 0.2) is 0 Å².